The van der Waals surface area contributed by atoms with E-state index in [0.29, 0.717) is 24.6 Å². The standard InChI is InChI=1S/C14H17FN6O/c1-20-12(2-5-18-20)14(22)19-10-3-6-21(7-4-10)13-11(15)8-16-9-17-13/h2,5,8-10H,3-4,6-7H2,1H3,(H,19,22). The van der Waals surface area contributed by atoms with Crippen LogP contribution in [-0.4, -0.2) is 44.8 Å². The van der Waals surface area contributed by atoms with Crippen LogP contribution in [0.15, 0.2) is 24.8 Å². The Morgan fingerprint density at radius 1 is 1.41 bits per heavy atom. The number of halogens is 1. The molecule has 22 heavy (non-hydrogen) atoms. The van der Waals surface area contributed by atoms with Gasteiger partial charge in [-0.1, -0.05) is 0 Å². The number of nitrogens with one attached hydrogen (secondary N) is 1. The number of rotatable bonds is 3. The summed E-state index contributed by atoms with van der Waals surface area (Å²) in [5.74, 6) is -0.224. The van der Waals surface area contributed by atoms with Gasteiger partial charge in [0, 0.05) is 32.4 Å². The van der Waals surface area contributed by atoms with E-state index in [2.05, 4.69) is 20.4 Å². The number of aromatic nitrogens is 4. The lowest BCUT2D eigenvalue weighted by atomic mass is 10.0. The van der Waals surface area contributed by atoms with Crippen LogP contribution < -0.4 is 10.2 Å². The van der Waals surface area contributed by atoms with Crippen molar-refractivity contribution >= 4 is 11.7 Å². The smallest absolute Gasteiger partial charge is 0.269 e. The Balaban J connectivity index is 1.57. The fourth-order valence-electron chi connectivity index (χ4n) is 2.63. The fourth-order valence-corrected chi connectivity index (χ4v) is 2.63. The van der Waals surface area contributed by atoms with Crippen molar-refractivity contribution in [2.24, 2.45) is 7.05 Å². The number of nitrogens with zero attached hydrogens (tertiary/aromatic N) is 5. The van der Waals surface area contributed by atoms with Crippen LogP contribution >= 0.6 is 0 Å². The van der Waals surface area contributed by atoms with Crippen LogP contribution in [0.5, 0.6) is 0 Å². The monoisotopic (exact) mass is 304 g/mol. The van der Waals surface area contributed by atoms with E-state index in [1.165, 1.54) is 12.5 Å². The number of piperidine rings is 1. The number of anilines is 1. The predicted octanol–water partition coefficient (Wildman–Crippen LogP) is 0.748. The van der Waals surface area contributed by atoms with Gasteiger partial charge in [0.25, 0.3) is 5.91 Å². The maximum Gasteiger partial charge on any atom is 0.269 e. The first-order valence-electron chi connectivity index (χ1n) is 7.14. The molecule has 0 saturated carbocycles. The van der Waals surface area contributed by atoms with Crippen LogP contribution in [-0.2, 0) is 7.05 Å². The zero-order valence-corrected chi connectivity index (χ0v) is 12.2. The van der Waals surface area contributed by atoms with Gasteiger partial charge >= 0.3 is 0 Å². The SMILES string of the molecule is Cn1nccc1C(=O)NC1CCN(c2ncncc2F)CC1. The van der Waals surface area contributed by atoms with Crippen molar-refractivity contribution in [3.8, 4) is 0 Å². The third kappa shape index (κ3) is 2.90. The van der Waals surface area contributed by atoms with Gasteiger partial charge in [-0.2, -0.15) is 5.10 Å². The highest BCUT2D eigenvalue weighted by molar-refractivity contribution is 5.92. The van der Waals surface area contributed by atoms with Crippen LogP contribution in [0.25, 0.3) is 0 Å². The maximum atomic E-state index is 13.7. The molecule has 8 heteroatoms. The number of aryl methyl sites for hydroxylation is 1. The van der Waals surface area contributed by atoms with Crippen LogP contribution in [0.3, 0.4) is 0 Å². The molecule has 0 spiro atoms. The number of amides is 1. The highest BCUT2D eigenvalue weighted by Gasteiger charge is 2.24. The first-order valence-corrected chi connectivity index (χ1v) is 7.14. The summed E-state index contributed by atoms with van der Waals surface area (Å²) in [5, 5.41) is 6.98. The van der Waals surface area contributed by atoms with Crippen molar-refractivity contribution in [2.45, 2.75) is 18.9 Å². The molecular weight excluding hydrogens is 287 g/mol. The Hall–Kier alpha value is -2.51. The molecule has 1 aliphatic heterocycles. The molecule has 0 aromatic carbocycles. The lowest BCUT2D eigenvalue weighted by molar-refractivity contribution is 0.0921. The van der Waals surface area contributed by atoms with Gasteiger partial charge in [0.15, 0.2) is 11.6 Å². The molecule has 0 unspecified atom stereocenters. The highest BCUT2D eigenvalue weighted by Crippen LogP contribution is 2.20. The number of carbonyl (C=O) groups excluding carboxylic acids is 1. The van der Waals surface area contributed by atoms with Crippen molar-refractivity contribution in [1.29, 1.82) is 0 Å². The molecule has 1 fully saturated rings. The van der Waals surface area contributed by atoms with Crippen LogP contribution in [0.1, 0.15) is 23.3 Å². The maximum absolute atomic E-state index is 13.7. The number of hydrogen-bond donors (Lipinski definition) is 1. The van der Waals surface area contributed by atoms with Crippen LogP contribution in [0.4, 0.5) is 10.2 Å². The van der Waals surface area contributed by atoms with E-state index >= 15 is 0 Å². The normalized spacial score (nSPS) is 15.8. The van der Waals surface area contributed by atoms with E-state index in [4.69, 9.17) is 0 Å². The molecule has 3 rings (SSSR count). The molecule has 116 valence electrons. The van der Waals surface area contributed by atoms with E-state index < -0.39 is 5.82 Å². The summed E-state index contributed by atoms with van der Waals surface area (Å²) < 4.78 is 15.2. The second kappa shape index (κ2) is 6.08. The first kappa shape index (κ1) is 14.4. The van der Waals surface area contributed by atoms with Gasteiger partial charge in [-0.3, -0.25) is 9.48 Å². The van der Waals surface area contributed by atoms with E-state index in [1.54, 1.807) is 24.0 Å². The zero-order valence-electron chi connectivity index (χ0n) is 12.2. The molecule has 7 nitrogen and oxygen atoms in total. The minimum atomic E-state index is -0.417. The molecule has 3 heterocycles. The van der Waals surface area contributed by atoms with Gasteiger partial charge in [-0.25, -0.2) is 14.4 Å². The van der Waals surface area contributed by atoms with E-state index in [1.807, 2.05) is 4.90 Å². The second-order valence-corrected chi connectivity index (χ2v) is 5.27. The summed E-state index contributed by atoms with van der Waals surface area (Å²) in [4.78, 5) is 21.6. The summed E-state index contributed by atoms with van der Waals surface area (Å²) in [6, 6.07) is 1.75. The first-order chi connectivity index (χ1) is 10.6. The zero-order chi connectivity index (χ0) is 15.5. The Morgan fingerprint density at radius 3 is 2.82 bits per heavy atom. The summed E-state index contributed by atoms with van der Waals surface area (Å²) >= 11 is 0. The molecule has 1 aliphatic rings. The average Bonchev–Trinajstić information content (AvgIpc) is 2.95. The lowest BCUT2D eigenvalue weighted by Crippen LogP contribution is -2.45. The largest absolute Gasteiger partial charge is 0.354 e. The molecule has 0 bridgehead atoms. The van der Waals surface area contributed by atoms with Crippen molar-refractivity contribution in [2.75, 3.05) is 18.0 Å². The summed E-state index contributed by atoms with van der Waals surface area (Å²) in [5.41, 5.74) is 0.532. The summed E-state index contributed by atoms with van der Waals surface area (Å²) in [6.07, 6.45) is 5.59. The van der Waals surface area contributed by atoms with Gasteiger partial charge in [0.1, 0.15) is 12.0 Å². The highest BCUT2D eigenvalue weighted by atomic mass is 19.1. The Kier molecular flexibility index (Phi) is 3.99. The van der Waals surface area contributed by atoms with Crippen molar-refractivity contribution in [3.05, 3.63) is 36.3 Å². The molecule has 2 aromatic rings. The van der Waals surface area contributed by atoms with Crippen LogP contribution in [0, 0.1) is 5.82 Å². The molecule has 2 aromatic heterocycles. The van der Waals surface area contributed by atoms with Gasteiger partial charge < -0.3 is 10.2 Å². The second-order valence-electron chi connectivity index (χ2n) is 5.27. The third-order valence-corrected chi connectivity index (χ3v) is 3.83. The van der Waals surface area contributed by atoms with Gasteiger partial charge in [0.05, 0.1) is 6.20 Å². The van der Waals surface area contributed by atoms with Gasteiger partial charge in [-0.15, -0.1) is 0 Å². The molecular formula is C14H17FN6O. The molecule has 0 atom stereocenters. The Morgan fingerprint density at radius 2 is 2.18 bits per heavy atom. The molecule has 1 saturated heterocycles. The quantitative estimate of drug-likeness (QED) is 0.905. The van der Waals surface area contributed by atoms with Crippen molar-refractivity contribution < 1.29 is 9.18 Å². The van der Waals surface area contributed by atoms with Crippen LogP contribution in [0.2, 0.25) is 0 Å². The Labute approximate surface area is 127 Å². The van der Waals surface area contributed by atoms with E-state index in [9.17, 15) is 9.18 Å². The summed E-state index contributed by atoms with van der Waals surface area (Å²) in [7, 11) is 1.73. The number of hydrogen-bond acceptors (Lipinski definition) is 5. The molecule has 0 aliphatic carbocycles. The predicted molar refractivity (Wildman–Crippen MR) is 77.9 cm³/mol. The molecule has 1 N–H and O–H groups in total. The van der Waals surface area contributed by atoms with E-state index in [-0.39, 0.29) is 11.9 Å². The minimum absolute atomic E-state index is 0.0727. The average molecular weight is 304 g/mol. The van der Waals surface area contributed by atoms with Crippen molar-refractivity contribution in [1.82, 2.24) is 25.1 Å². The molecule has 0 radical (unpaired) electrons. The lowest BCUT2D eigenvalue weighted by Gasteiger charge is -2.33. The van der Waals surface area contributed by atoms with Gasteiger partial charge in [0.2, 0.25) is 0 Å². The van der Waals surface area contributed by atoms with E-state index in [0.717, 1.165) is 12.8 Å². The third-order valence-electron chi connectivity index (χ3n) is 3.83. The molecule has 1 amide bonds. The topological polar surface area (TPSA) is 75.9 Å². The van der Waals surface area contributed by atoms with Gasteiger partial charge in [-0.05, 0) is 18.9 Å². The van der Waals surface area contributed by atoms with Crippen molar-refractivity contribution in [3.63, 3.8) is 0 Å². The summed E-state index contributed by atoms with van der Waals surface area (Å²) in [6.45, 7) is 1.29. The number of carbonyl (C=O) groups is 1. The Bertz CT molecular complexity index is 665. The minimum Gasteiger partial charge on any atom is -0.354 e. The fraction of sp³-hybridized carbons (Fsp3) is 0.429.